The SMILES string of the molecule is CC(=O)c1ccc(CC(N)=O)c(N)c1. The van der Waals surface area contributed by atoms with Gasteiger partial charge in [-0.15, -0.1) is 0 Å². The molecule has 1 rings (SSSR count). The predicted molar refractivity (Wildman–Crippen MR) is 53.8 cm³/mol. The van der Waals surface area contributed by atoms with E-state index in [0.717, 1.165) is 0 Å². The maximum Gasteiger partial charge on any atom is 0.221 e. The second-order valence-electron chi connectivity index (χ2n) is 3.11. The van der Waals surface area contributed by atoms with Crippen LogP contribution in [0.1, 0.15) is 22.8 Å². The lowest BCUT2D eigenvalue weighted by Crippen LogP contribution is -2.15. The van der Waals surface area contributed by atoms with Crippen LogP contribution in [0.2, 0.25) is 0 Å². The molecular weight excluding hydrogens is 180 g/mol. The maximum absolute atomic E-state index is 11.0. The van der Waals surface area contributed by atoms with Gasteiger partial charge in [-0.2, -0.15) is 0 Å². The fraction of sp³-hybridized carbons (Fsp3) is 0.200. The van der Waals surface area contributed by atoms with Crippen molar-refractivity contribution >= 4 is 17.4 Å². The van der Waals surface area contributed by atoms with Crippen molar-refractivity contribution in [2.24, 2.45) is 5.73 Å². The summed E-state index contributed by atoms with van der Waals surface area (Å²) in [6, 6.07) is 4.84. The zero-order valence-corrected chi connectivity index (χ0v) is 7.91. The summed E-state index contributed by atoms with van der Waals surface area (Å²) in [5.41, 5.74) is 12.3. The van der Waals surface area contributed by atoms with Crippen molar-refractivity contribution in [3.8, 4) is 0 Å². The molecule has 1 aromatic carbocycles. The molecule has 0 spiro atoms. The van der Waals surface area contributed by atoms with Crippen LogP contribution < -0.4 is 11.5 Å². The van der Waals surface area contributed by atoms with Gasteiger partial charge in [0.25, 0.3) is 0 Å². The number of carbonyl (C=O) groups is 2. The van der Waals surface area contributed by atoms with Gasteiger partial charge in [-0.3, -0.25) is 9.59 Å². The molecule has 0 fully saturated rings. The summed E-state index contributed by atoms with van der Waals surface area (Å²) in [5.74, 6) is -0.491. The lowest BCUT2D eigenvalue weighted by Gasteiger charge is -2.04. The number of ketones is 1. The molecule has 0 saturated heterocycles. The van der Waals surface area contributed by atoms with Gasteiger partial charge < -0.3 is 11.5 Å². The second kappa shape index (κ2) is 3.91. The minimum atomic E-state index is -0.438. The quantitative estimate of drug-likeness (QED) is 0.540. The number of primary amides is 1. The van der Waals surface area contributed by atoms with Gasteiger partial charge in [-0.25, -0.2) is 0 Å². The molecule has 0 aliphatic carbocycles. The van der Waals surface area contributed by atoms with E-state index in [1.165, 1.54) is 6.92 Å². The Kier molecular flexibility index (Phi) is 2.86. The normalized spacial score (nSPS) is 9.79. The Morgan fingerprint density at radius 2 is 2.00 bits per heavy atom. The van der Waals surface area contributed by atoms with Crippen LogP contribution in [0.15, 0.2) is 18.2 Å². The first-order valence-corrected chi connectivity index (χ1v) is 4.18. The van der Waals surface area contributed by atoms with E-state index in [4.69, 9.17) is 11.5 Å². The fourth-order valence-electron chi connectivity index (χ4n) is 1.16. The predicted octanol–water partition coefficient (Wildman–Crippen LogP) is 0.499. The van der Waals surface area contributed by atoms with Crippen molar-refractivity contribution in [1.29, 1.82) is 0 Å². The molecule has 0 unspecified atom stereocenters. The molecule has 74 valence electrons. The Morgan fingerprint density at radius 1 is 1.36 bits per heavy atom. The van der Waals surface area contributed by atoms with E-state index in [2.05, 4.69) is 0 Å². The molecule has 0 aliphatic rings. The topological polar surface area (TPSA) is 86.2 Å². The maximum atomic E-state index is 11.0. The number of benzene rings is 1. The summed E-state index contributed by atoms with van der Waals surface area (Å²) in [5, 5.41) is 0. The lowest BCUT2D eigenvalue weighted by atomic mass is 10.0. The van der Waals surface area contributed by atoms with E-state index in [1.54, 1.807) is 18.2 Å². The number of amides is 1. The third-order valence-corrected chi connectivity index (χ3v) is 1.92. The zero-order chi connectivity index (χ0) is 10.7. The molecule has 0 aliphatic heterocycles. The Hall–Kier alpha value is -1.84. The van der Waals surface area contributed by atoms with Gasteiger partial charge in [0.1, 0.15) is 0 Å². The molecule has 0 saturated carbocycles. The number of anilines is 1. The summed E-state index contributed by atoms with van der Waals surface area (Å²) in [6.07, 6.45) is 0.101. The van der Waals surface area contributed by atoms with Gasteiger partial charge in [-0.1, -0.05) is 12.1 Å². The summed E-state index contributed by atoms with van der Waals surface area (Å²) in [6.45, 7) is 1.46. The average molecular weight is 192 g/mol. The van der Waals surface area contributed by atoms with Crippen molar-refractivity contribution in [3.05, 3.63) is 29.3 Å². The number of Topliss-reactive ketones (excluding diaryl/α,β-unsaturated/α-hetero) is 1. The van der Waals surface area contributed by atoms with Crippen LogP contribution in [0, 0.1) is 0 Å². The Bertz CT molecular complexity index is 386. The zero-order valence-electron chi connectivity index (χ0n) is 7.91. The largest absolute Gasteiger partial charge is 0.398 e. The van der Waals surface area contributed by atoms with Crippen LogP contribution >= 0.6 is 0 Å². The summed E-state index contributed by atoms with van der Waals surface area (Å²) >= 11 is 0. The van der Waals surface area contributed by atoms with Crippen LogP contribution in [-0.2, 0) is 11.2 Å². The van der Waals surface area contributed by atoms with Crippen molar-refractivity contribution in [3.63, 3.8) is 0 Å². The molecule has 0 aromatic heterocycles. The van der Waals surface area contributed by atoms with Gasteiger partial charge in [0.2, 0.25) is 5.91 Å². The Labute approximate surface area is 81.9 Å². The molecule has 0 heterocycles. The van der Waals surface area contributed by atoms with Gasteiger partial charge >= 0.3 is 0 Å². The Balaban J connectivity index is 3.01. The molecule has 1 aromatic rings. The third kappa shape index (κ3) is 2.32. The number of rotatable bonds is 3. The van der Waals surface area contributed by atoms with Crippen molar-refractivity contribution in [2.75, 3.05) is 5.73 Å². The van der Waals surface area contributed by atoms with Gasteiger partial charge in [0.05, 0.1) is 6.42 Å². The van der Waals surface area contributed by atoms with Crippen LogP contribution in [0.5, 0.6) is 0 Å². The van der Waals surface area contributed by atoms with E-state index >= 15 is 0 Å². The first-order valence-electron chi connectivity index (χ1n) is 4.18. The van der Waals surface area contributed by atoms with Crippen LogP contribution in [0.25, 0.3) is 0 Å². The molecule has 4 heteroatoms. The van der Waals surface area contributed by atoms with Crippen molar-refractivity contribution in [1.82, 2.24) is 0 Å². The molecule has 14 heavy (non-hydrogen) atoms. The van der Waals surface area contributed by atoms with E-state index in [9.17, 15) is 9.59 Å². The molecule has 4 nitrogen and oxygen atoms in total. The molecule has 0 atom stereocenters. The minimum absolute atomic E-state index is 0.0534. The molecule has 0 radical (unpaired) electrons. The van der Waals surface area contributed by atoms with Crippen LogP contribution in [0.3, 0.4) is 0 Å². The summed E-state index contributed by atoms with van der Waals surface area (Å²) < 4.78 is 0. The highest BCUT2D eigenvalue weighted by Gasteiger charge is 2.05. The highest BCUT2D eigenvalue weighted by atomic mass is 16.1. The van der Waals surface area contributed by atoms with E-state index in [-0.39, 0.29) is 12.2 Å². The van der Waals surface area contributed by atoms with Crippen LogP contribution in [-0.4, -0.2) is 11.7 Å². The molecule has 4 N–H and O–H groups in total. The molecular formula is C10H12N2O2. The van der Waals surface area contributed by atoms with E-state index < -0.39 is 5.91 Å². The first-order chi connectivity index (χ1) is 6.50. The highest BCUT2D eigenvalue weighted by Crippen LogP contribution is 2.15. The van der Waals surface area contributed by atoms with E-state index in [1.807, 2.05) is 0 Å². The first kappa shape index (κ1) is 10.2. The fourth-order valence-corrected chi connectivity index (χ4v) is 1.16. The van der Waals surface area contributed by atoms with Crippen LogP contribution in [0.4, 0.5) is 5.69 Å². The van der Waals surface area contributed by atoms with Gasteiger partial charge in [-0.05, 0) is 18.6 Å². The number of nitrogen functional groups attached to an aromatic ring is 1. The standard InChI is InChI=1S/C10H12N2O2/c1-6(13)7-2-3-8(5-10(12)14)9(11)4-7/h2-4H,5,11H2,1H3,(H2,12,14). The number of hydrogen-bond donors (Lipinski definition) is 2. The number of hydrogen-bond acceptors (Lipinski definition) is 3. The average Bonchev–Trinajstić information content (AvgIpc) is 2.07. The molecule has 1 amide bonds. The number of nitrogens with two attached hydrogens (primary N) is 2. The smallest absolute Gasteiger partial charge is 0.221 e. The Morgan fingerprint density at radius 3 is 2.43 bits per heavy atom. The highest BCUT2D eigenvalue weighted by molar-refractivity contribution is 5.95. The summed E-state index contributed by atoms with van der Waals surface area (Å²) in [4.78, 5) is 21.6. The lowest BCUT2D eigenvalue weighted by molar-refractivity contribution is -0.117. The van der Waals surface area contributed by atoms with Crippen molar-refractivity contribution in [2.45, 2.75) is 13.3 Å². The second-order valence-corrected chi connectivity index (χ2v) is 3.11. The summed E-state index contributed by atoms with van der Waals surface area (Å²) in [7, 11) is 0. The van der Waals surface area contributed by atoms with E-state index in [0.29, 0.717) is 16.8 Å². The number of carbonyl (C=O) groups excluding carboxylic acids is 2. The van der Waals surface area contributed by atoms with Gasteiger partial charge in [0.15, 0.2) is 5.78 Å². The molecule has 0 bridgehead atoms. The van der Waals surface area contributed by atoms with Crippen molar-refractivity contribution < 1.29 is 9.59 Å². The van der Waals surface area contributed by atoms with Gasteiger partial charge in [0, 0.05) is 11.3 Å². The third-order valence-electron chi connectivity index (χ3n) is 1.92. The monoisotopic (exact) mass is 192 g/mol. The minimum Gasteiger partial charge on any atom is -0.398 e.